The number of amides is 6. The van der Waals surface area contributed by atoms with Gasteiger partial charge >= 0.3 is 12.1 Å². The molecule has 0 aliphatic carbocycles. The molecule has 0 fully saturated rings. The van der Waals surface area contributed by atoms with Gasteiger partial charge in [-0.3, -0.25) is 14.4 Å². The number of nitrogens with one attached hydrogen (secondary N) is 5. The largest absolute Gasteiger partial charge is 0.445 e. The quantitative estimate of drug-likeness (QED) is 0.107. The van der Waals surface area contributed by atoms with Crippen molar-refractivity contribution in [3.63, 3.8) is 0 Å². The third kappa shape index (κ3) is 13.6. The Morgan fingerprint density at radius 2 is 1.36 bits per heavy atom. The lowest BCUT2D eigenvalue weighted by Gasteiger charge is -2.26. The molecule has 3 aromatic carbocycles. The Labute approximate surface area is 293 Å². The minimum atomic E-state index is -0.995. The second-order valence-corrected chi connectivity index (χ2v) is 12.2. The molecule has 0 saturated carbocycles. The summed E-state index contributed by atoms with van der Waals surface area (Å²) in [5.41, 5.74) is 8.22. The molecule has 6 amide bonds. The fourth-order valence-corrected chi connectivity index (χ4v) is 5.14. The first-order valence-corrected chi connectivity index (χ1v) is 16.6. The van der Waals surface area contributed by atoms with Gasteiger partial charge in [-0.05, 0) is 54.5 Å². The summed E-state index contributed by atoms with van der Waals surface area (Å²) in [4.78, 5) is 62.3. The van der Waals surface area contributed by atoms with Crippen molar-refractivity contribution in [3.05, 3.63) is 102 Å². The Morgan fingerprint density at radius 3 is 1.96 bits per heavy atom. The number of benzene rings is 3. The molecule has 0 heterocycles. The van der Waals surface area contributed by atoms with Crippen LogP contribution in [-0.2, 0) is 37.1 Å². The van der Waals surface area contributed by atoms with Crippen molar-refractivity contribution >= 4 is 35.5 Å². The normalized spacial score (nSPS) is 13.2. The maximum absolute atomic E-state index is 13.5. The zero-order chi connectivity index (χ0) is 36.5. The van der Waals surface area contributed by atoms with E-state index < -0.39 is 36.0 Å². The van der Waals surface area contributed by atoms with Gasteiger partial charge in [-0.2, -0.15) is 0 Å². The molecule has 0 saturated heterocycles. The molecule has 0 radical (unpaired) electrons. The fraction of sp³-hybridized carbons (Fsp3) is 0.378. The molecular formula is C37H48N6O7. The van der Waals surface area contributed by atoms with E-state index in [-0.39, 0.29) is 50.2 Å². The number of alkyl carbamates (subject to hydrolysis) is 1. The minimum absolute atomic E-state index is 0.0335. The van der Waals surface area contributed by atoms with E-state index in [2.05, 4.69) is 26.6 Å². The van der Waals surface area contributed by atoms with Crippen LogP contribution < -0.4 is 32.3 Å². The van der Waals surface area contributed by atoms with Crippen LogP contribution in [0.1, 0.15) is 63.3 Å². The highest BCUT2D eigenvalue weighted by molar-refractivity contribution is 5.98. The first-order chi connectivity index (χ1) is 23.9. The van der Waals surface area contributed by atoms with Crippen LogP contribution in [0.5, 0.6) is 0 Å². The molecule has 3 aromatic rings. The molecule has 50 heavy (non-hydrogen) atoms. The average molecular weight is 689 g/mol. The highest BCUT2D eigenvalue weighted by Crippen LogP contribution is 2.23. The maximum Gasteiger partial charge on any atom is 0.408 e. The molecule has 7 N–H and O–H groups in total. The predicted octanol–water partition coefficient (Wildman–Crippen LogP) is 4.29. The van der Waals surface area contributed by atoms with Crippen LogP contribution in [0.4, 0.5) is 15.3 Å². The molecule has 3 rings (SSSR count). The number of carbonyl (C=O) groups is 5. The van der Waals surface area contributed by atoms with Gasteiger partial charge in [-0.15, -0.1) is 0 Å². The highest BCUT2D eigenvalue weighted by Gasteiger charge is 2.29. The van der Waals surface area contributed by atoms with Crippen LogP contribution in [0, 0.1) is 5.92 Å². The van der Waals surface area contributed by atoms with Crippen molar-refractivity contribution in [2.45, 2.75) is 78.0 Å². The number of nitrogens with two attached hydrogens (primary N) is 1. The second kappa shape index (κ2) is 20.2. The molecule has 0 bridgehead atoms. The number of rotatable bonds is 18. The zero-order valence-corrected chi connectivity index (χ0v) is 28.9. The van der Waals surface area contributed by atoms with E-state index >= 15 is 0 Å². The molecule has 0 aliphatic heterocycles. The lowest BCUT2D eigenvalue weighted by molar-refractivity contribution is -0.128. The molecule has 268 valence electrons. The lowest BCUT2D eigenvalue weighted by atomic mass is 10.0. The van der Waals surface area contributed by atoms with E-state index in [0.717, 1.165) is 16.7 Å². The smallest absolute Gasteiger partial charge is 0.408 e. The molecule has 13 heteroatoms. The van der Waals surface area contributed by atoms with Gasteiger partial charge in [0.2, 0.25) is 17.7 Å². The third-order valence-electron chi connectivity index (χ3n) is 7.70. The van der Waals surface area contributed by atoms with E-state index in [4.69, 9.17) is 15.2 Å². The van der Waals surface area contributed by atoms with Crippen molar-refractivity contribution in [2.75, 3.05) is 11.9 Å². The summed E-state index contributed by atoms with van der Waals surface area (Å²) in [6.45, 7) is 7.36. The number of carbonyl (C=O) groups excluding carboxylic acids is 5. The first kappa shape index (κ1) is 39.0. The summed E-state index contributed by atoms with van der Waals surface area (Å²) >= 11 is 0. The van der Waals surface area contributed by atoms with Gasteiger partial charge in [0, 0.05) is 19.2 Å². The van der Waals surface area contributed by atoms with E-state index in [9.17, 15) is 24.0 Å². The summed E-state index contributed by atoms with van der Waals surface area (Å²) in [6, 6.07) is 22.9. The minimum Gasteiger partial charge on any atom is -0.445 e. The van der Waals surface area contributed by atoms with Gasteiger partial charge in [0.1, 0.15) is 24.8 Å². The molecule has 0 aromatic heterocycles. The zero-order valence-electron chi connectivity index (χ0n) is 28.9. The number of anilines is 1. The molecule has 4 atom stereocenters. The number of ether oxygens (including phenoxy) is 2. The van der Waals surface area contributed by atoms with Crippen LogP contribution in [0.25, 0.3) is 0 Å². The van der Waals surface area contributed by atoms with Crippen LogP contribution in [0.15, 0.2) is 84.9 Å². The van der Waals surface area contributed by atoms with Crippen molar-refractivity contribution in [1.82, 2.24) is 21.3 Å². The Kier molecular flexibility index (Phi) is 15.7. The monoisotopic (exact) mass is 688 g/mol. The average Bonchev–Trinajstić information content (AvgIpc) is 3.08. The van der Waals surface area contributed by atoms with Gasteiger partial charge in [-0.1, -0.05) is 86.6 Å². The fourth-order valence-electron chi connectivity index (χ4n) is 5.14. The van der Waals surface area contributed by atoms with Gasteiger partial charge in [0.15, 0.2) is 0 Å². The molecule has 0 unspecified atom stereocenters. The first-order valence-electron chi connectivity index (χ1n) is 16.6. The summed E-state index contributed by atoms with van der Waals surface area (Å²) < 4.78 is 11.5. The van der Waals surface area contributed by atoms with Crippen molar-refractivity contribution in [3.8, 4) is 0 Å². The van der Waals surface area contributed by atoms with Crippen LogP contribution in [0.2, 0.25) is 0 Å². The summed E-state index contributed by atoms with van der Waals surface area (Å²) in [5.74, 6) is -1.52. The van der Waals surface area contributed by atoms with Gasteiger partial charge < -0.3 is 41.8 Å². The van der Waals surface area contributed by atoms with Crippen molar-refractivity contribution < 1.29 is 33.4 Å². The summed E-state index contributed by atoms with van der Waals surface area (Å²) in [6.07, 6.45) is -0.628. The van der Waals surface area contributed by atoms with E-state index in [1.807, 2.05) is 79.7 Å². The Morgan fingerprint density at radius 1 is 0.740 bits per heavy atom. The Hall–Kier alpha value is -5.43. The third-order valence-corrected chi connectivity index (χ3v) is 7.70. The van der Waals surface area contributed by atoms with Gasteiger partial charge in [-0.25, -0.2) is 9.59 Å². The lowest BCUT2D eigenvalue weighted by Crippen LogP contribution is -2.54. The summed E-state index contributed by atoms with van der Waals surface area (Å²) in [7, 11) is 0. The molecular weight excluding hydrogens is 640 g/mol. The maximum atomic E-state index is 13.5. The SMILES string of the molecule is CC(=O)N[C@H](C)[C@@H](OCc1ccc(NC(=O)[C@H](CCCNC(N)=O)NC(=O)[C@@H](NC(=O)OCc2ccccc2)C(C)C)cc1)c1ccccc1. The Bertz CT molecular complexity index is 1540. The number of urea groups is 1. The van der Waals surface area contributed by atoms with Crippen LogP contribution in [-0.4, -0.2) is 54.5 Å². The number of hydrogen-bond donors (Lipinski definition) is 6. The van der Waals surface area contributed by atoms with E-state index in [0.29, 0.717) is 12.1 Å². The van der Waals surface area contributed by atoms with Crippen molar-refractivity contribution in [1.29, 1.82) is 0 Å². The van der Waals surface area contributed by atoms with E-state index in [1.54, 1.807) is 26.0 Å². The number of hydrogen-bond acceptors (Lipinski definition) is 7. The predicted molar refractivity (Wildman–Crippen MR) is 189 cm³/mol. The number of primary amides is 1. The van der Waals surface area contributed by atoms with Crippen LogP contribution in [0.3, 0.4) is 0 Å². The van der Waals surface area contributed by atoms with Crippen molar-refractivity contribution in [2.24, 2.45) is 11.7 Å². The molecule has 0 aliphatic rings. The van der Waals surface area contributed by atoms with Gasteiger partial charge in [0.25, 0.3) is 0 Å². The Balaban J connectivity index is 1.64. The van der Waals surface area contributed by atoms with E-state index in [1.165, 1.54) is 6.92 Å². The topological polar surface area (TPSA) is 190 Å². The second-order valence-electron chi connectivity index (χ2n) is 12.2. The molecule has 13 nitrogen and oxygen atoms in total. The summed E-state index contributed by atoms with van der Waals surface area (Å²) in [5, 5.41) is 13.6. The van der Waals surface area contributed by atoms with Gasteiger partial charge in [0.05, 0.1) is 12.6 Å². The highest BCUT2D eigenvalue weighted by atomic mass is 16.5. The van der Waals surface area contributed by atoms with Crippen LogP contribution >= 0.6 is 0 Å². The molecule has 0 spiro atoms. The standard InChI is InChI=1S/C37H48N6O7/c1-24(2)32(43-37(48)50-23-27-12-7-5-8-13-27)35(46)42-31(16-11-21-39-36(38)47)34(45)41-30-19-17-28(18-20-30)22-49-33(25(3)40-26(4)44)29-14-9-6-10-15-29/h5-10,12-15,17-20,24-25,31-33H,11,16,21-23H2,1-4H3,(H,40,44)(H,41,45)(H,42,46)(H,43,48)(H3,38,39,47)/t25-,31+,32+,33-/m1/s1.